The topological polar surface area (TPSA) is 289 Å². The molecule has 0 saturated carbocycles. The lowest BCUT2D eigenvalue weighted by Gasteiger charge is -2.41. The van der Waals surface area contributed by atoms with Gasteiger partial charge in [0.15, 0.2) is 0 Å². The van der Waals surface area contributed by atoms with E-state index < -0.39 is 95.8 Å². The number of ether oxygens (including phenoxy) is 3. The van der Waals surface area contributed by atoms with Crippen LogP contribution >= 0.6 is 0 Å². The molecule has 0 aliphatic carbocycles. The summed E-state index contributed by atoms with van der Waals surface area (Å²) in [5.41, 5.74) is 7.59. The highest BCUT2D eigenvalue weighted by atomic mass is 16.6. The minimum Gasteiger partial charge on any atom is -0.445 e. The third kappa shape index (κ3) is 21.2. The van der Waals surface area contributed by atoms with Crippen molar-refractivity contribution in [2.75, 3.05) is 46.7 Å². The van der Waals surface area contributed by atoms with Gasteiger partial charge in [-0.25, -0.2) is 9.59 Å². The van der Waals surface area contributed by atoms with Crippen LogP contribution in [-0.4, -0.2) is 158 Å². The van der Waals surface area contributed by atoms with Crippen LogP contribution < -0.4 is 37.6 Å². The summed E-state index contributed by atoms with van der Waals surface area (Å²) >= 11 is 0. The number of likely N-dealkylation sites (N-methyl/N-ethyl adjacent to an activating group) is 2. The van der Waals surface area contributed by atoms with Gasteiger partial charge in [0.25, 0.3) is 11.8 Å². The van der Waals surface area contributed by atoms with E-state index in [1.54, 1.807) is 75.9 Å². The summed E-state index contributed by atoms with van der Waals surface area (Å²) in [7, 11) is 6.18. The van der Waals surface area contributed by atoms with Crippen molar-refractivity contribution in [1.82, 2.24) is 41.3 Å². The van der Waals surface area contributed by atoms with E-state index in [1.165, 1.54) is 26.0 Å². The minimum atomic E-state index is -1.11. The molecule has 1 aliphatic rings. The summed E-state index contributed by atoms with van der Waals surface area (Å²) in [5.74, 6) is -0.0338. The van der Waals surface area contributed by atoms with Crippen molar-refractivity contribution in [3.63, 3.8) is 0 Å². The number of carbonyl (C=O) groups is 9. The van der Waals surface area contributed by atoms with E-state index in [9.17, 15) is 43.2 Å². The SMILES string of the molecule is CC#CC(=O)NC(C(=O)N[C@@H](CCCNC(N)=O)C(=O)Nc1ccc(COC(=O)N(C)[C@H](C(=O)N[C@H](C(=O)N(C)[C@@H]([C@@H](C)CC)[C@@H](CC(=O)N2CCC[C@H]2[C@H](OC)[C@@H](C)C(=O)N[C@H](C)[C@@H](C)c2ccccc2)OC)C(C)C)C(C)C)cc1)=C(C)C. The molecule has 8 N–H and O–H groups in total. The number of primary amides is 1. The van der Waals surface area contributed by atoms with E-state index in [1.807, 2.05) is 71.9 Å². The third-order valence-corrected chi connectivity index (χ3v) is 15.9. The molecule has 1 fully saturated rings. The molecule has 22 heteroatoms. The lowest BCUT2D eigenvalue weighted by Crippen LogP contribution is -2.60. The molecule has 2 aromatic carbocycles. The number of hydrogen-bond acceptors (Lipinski definition) is 12. The van der Waals surface area contributed by atoms with Crippen LogP contribution in [0.15, 0.2) is 65.9 Å². The van der Waals surface area contributed by atoms with E-state index in [-0.39, 0.29) is 73.8 Å². The zero-order chi connectivity index (χ0) is 63.8. The van der Waals surface area contributed by atoms with Gasteiger partial charge >= 0.3 is 12.1 Å². The molecule has 0 unspecified atom stereocenters. The average Bonchev–Trinajstić information content (AvgIpc) is 4.23. The van der Waals surface area contributed by atoms with Gasteiger partial charge in [0.1, 0.15) is 30.4 Å². The Morgan fingerprint density at radius 3 is 2.00 bits per heavy atom. The van der Waals surface area contributed by atoms with E-state index >= 15 is 0 Å². The summed E-state index contributed by atoms with van der Waals surface area (Å²) in [5, 5.41) is 16.5. The standard InChI is InChI=1S/C63H96N10O12/c1-17-24-50(74)69-52(37(3)4)59(78)68-47(27-22-33-65-62(64)81)58(77)67-46-31-29-44(30-32-46)36-85-63(82)72(14)54(39(7)8)60(79)70-53(38(5)6)61(80)71(13)55(40(9)18-2)49(83-15)35-51(75)73-34-23-28-48(73)56(84-16)42(11)57(76)66-43(12)41(10)45-25-20-19-21-26-45/h19-21,25-26,29-32,38-43,47-49,53-56H,18,22-23,27-28,33-36H2,1-16H3,(H,66,76)(H,67,77)(H,68,78)(H,69,74)(H,70,79)(H3,64,65,81)/t40-,41+,42+,43+,47-,48-,49+,53-,54-,55-,56+/m0/s1. The molecule has 2 aromatic rings. The van der Waals surface area contributed by atoms with Gasteiger partial charge in [0.2, 0.25) is 29.5 Å². The number of nitrogens with two attached hydrogens (primary N) is 1. The number of hydrogen-bond donors (Lipinski definition) is 7. The van der Waals surface area contributed by atoms with Gasteiger partial charge in [0, 0.05) is 59.1 Å². The molecule has 0 aromatic heterocycles. The molecular weight excluding hydrogens is 1090 g/mol. The second-order valence-electron chi connectivity index (χ2n) is 23.0. The molecular formula is C63H96N10O12. The Labute approximate surface area is 503 Å². The fourth-order valence-corrected chi connectivity index (χ4v) is 10.7. The van der Waals surface area contributed by atoms with Gasteiger partial charge in [-0.2, -0.15) is 0 Å². The number of nitrogens with zero attached hydrogens (tertiary/aromatic N) is 3. The molecule has 22 nitrogen and oxygen atoms in total. The quantitative estimate of drug-likeness (QED) is 0.0262. The van der Waals surface area contributed by atoms with Gasteiger partial charge in [-0.15, -0.1) is 0 Å². The molecule has 1 aliphatic heterocycles. The van der Waals surface area contributed by atoms with Crippen LogP contribution in [0.2, 0.25) is 0 Å². The lowest BCUT2D eigenvalue weighted by molar-refractivity contribution is -0.148. The predicted octanol–water partition coefficient (Wildman–Crippen LogP) is 5.95. The van der Waals surface area contributed by atoms with Gasteiger partial charge in [-0.1, -0.05) is 110 Å². The summed E-state index contributed by atoms with van der Waals surface area (Å²) in [6, 6.07) is 11.3. The van der Waals surface area contributed by atoms with Crippen molar-refractivity contribution < 1.29 is 57.4 Å². The zero-order valence-electron chi connectivity index (χ0n) is 52.9. The number of carbonyl (C=O) groups excluding carboxylic acids is 9. The summed E-state index contributed by atoms with van der Waals surface area (Å²) in [6.45, 7) is 22.2. The molecule has 0 radical (unpaired) electrons. The largest absolute Gasteiger partial charge is 0.445 e. The molecule has 85 heavy (non-hydrogen) atoms. The normalized spacial score (nSPS) is 16.4. The number of methoxy groups -OCH3 is 2. The van der Waals surface area contributed by atoms with E-state index in [0.29, 0.717) is 36.2 Å². The number of nitrogens with one attached hydrogen (secondary N) is 6. The minimum absolute atomic E-state index is 0.0522. The molecule has 11 atom stereocenters. The second kappa shape index (κ2) is 35.1. The highest BCUT2D eigenvalue weighted by Gasteiger charge is 2.44. The Morgan fingerprint density at radius 2 is 1.45 bits per heavy atom. The van der Waals surface area contributed by atoms with Crippen LogP contribution in [0.3, 0.4) is 0 Å². The highest BCUT2D eigenvalue weighted by Crippen LogP contribution is 2.30. The van der Waals surface area contributed by atoms with Crippen molar-refractivity contribution in [1.29, 1.82) is 0 Å². The van der Waals surface area contributed by atoms with Crippen molar-refractivity contribution in [2.45, 2.75) is 183 Å². The van der Waals surface area contributed by atoms with Crippen LogP contribution in [0.4, 0.5) is 15.3 Å². The number of benzene rings is 2. The number of rotatable bonds is 31. The lowest BCUT2D eigenvalue weighted by atomic mass is 9.89. The van der Waals surface area contributed by atoms with Crippen LogP contribution in [0.5, 0.6) is 0 Å². The van der Waals surface area contributed by atoms with Crippen LogP contribution in [-0.2, 0) is 54.4 Å². The van der Waals surface area contributed by atoms with Crippen LogP contribution in [0, 0.1) is 35.5 Å². The van der Waals surface area contributed by atoms with Crippen LogP contribution in [0.1, 0.15) is 139 Å². The first-order valence-electron chi connectivity index (χ1n) is 29.5. The third-order valence-electron chi connectivity index (χ3n) is 15.9. The maximum atomic E-state index is 14.8. The fraction of sp³-hybridized carbons (Fsp3) is 0.603. The smallest absolute Gasteiger partial charge is 0.410 e. The Bertz CT molecular complexity index is 2670. The fourth-order valence-electron chi connectivity index (χ4n) is 10.7. The first-order chi connectivity index (χ1) is 40.1. The second-order valence-corrected chi connectivity index (χ2v) is 23.0. The van der Waals surface area contributed by atoms with Gasteiger partial charge in [-0.3, -0.25) is 38.5 Å². The van der Waals surface area contributed by atoms with Crippen molar-refractivity contribution in [3.05, 3.63) is 77.0 Å². The molecule has 0 bridgehead atoms. The zero-order valence-corrected chi connectivity index (χ0v) is 52.9. The molecule has 1 saturated heterocycles. The molecule has 0 spiro atoms. The van der Waals surface area contributed by atoms with Crippen molar-refractivity contribution in [2.24, 2.45) is 29.4 Å². The van der Waals surface area contributed by atoms with Crippen molar-refractivity contribution >= 4 is 59.2 Å². The van der Waals surface area contributed by atoms with Crippen LogP contribution in [0.25, 0.3) is 0 Å². The Balaban J connectivity index is 1.72. The number of allylic oxidation sites excluding steroid dienone is 1. The maximum absolute atomic E-state index is 14.8. The monoisotopic (exact) mass is 1180 g/mol. The van der Waals surface area contributed by atoms with Gasteiger partial charge in [0.05, 0.1) is 36.6 Å². The average molecular weight is 1190 g/mol. The predicted molar refractivity (Wildman–Crippen MR) is 326 cm³/mol. The number of likely N-dealkylation sites (tertiary alicyclic amines) is 1. The highest BCUT2D eigenvalue weighted by molar-refractivity contribution is 6.05. The van der Waals surface area contributed by atoms with E-state index in [0.717, 1.165) is 12.0 Å². The van der Waals surface area contributed by atoms with E-state index in [2.05, 4.69) is 50.7 Å². The van der Waals surface area contributed by atoms with Gasteiger partial charge in [-0.05, 0) is 106 Å². The number of urea groups is 1. The number of anilines is 1. The number of amides is 10. The van der Waals surface area contributed by atoms with Crippen molar-refractivity contribution in [3.8, 4) is 11.8 Å². The summed E-state index contributed by atoms with van der Waals surface area (Å²) < 4.78 is 17.8. The van der Waals surface area contributed by atoms with Gasteiger partial charge < -0.3 is 61.6 Å². The summed E-state index contributed by atoms with van der Waals surface area (Å²) in [4.78, 5) is 126. The Kier molecular flexibility index (Phi) is 29.6. The first kappa shape index (κ1) is 71.8. The Hall–Kier alpha value is -7.51. The first-order valence-corrected chi connectivity index (χ1v) is 29.5. The molecule has 1 heterocycles. The Morgan fingerprint density at radius 1 is 0.800 bits per heavy atom. The molecule has 3 rings (SSSR count). The molecule has 10 amide bonds. The van der Waals surface area contributed by atoms with E-state index in [4.69, 9.17) is 19.9 Å². The summed E-state index contributed by atoms with van der Waals surface area (Å²) in [6.07, 6.45) is 0.190. The molecule has 470 valence electrons. The maximum Gasteiger partial charge on any atom is 0.410 e.